The van der Waals surface area contributed by atoms with Crippen LogP contribution in [0.3, 0.4) is 0 Å². The van der Waals surface area contributed by atoms with Crippen LogP contribution in [0.25, 0.3) is 17.1 Å². The van der Waals surface area contributed by atoms with Gasteiger partial charge in [-0.15, -0.1) is 10.2 Å². The predicted octanol–water partition coefficient (Wildman–Crippen LogP) is 2.87. The number of aromatic nitrogens is 4. The molecule has 25 heavy (non-hydrogen) atoms. The van der Waals surface area contributed by atoms with Gasteiger partial charge >= 0.3 is 0 Å². The summed E-state index contributed by atoms with van der Waals surface area (Å²) in [5.41, 5.74) is 3.06. The normalized spacial score (nSPS) is 10.6. The van der Waals surface area contributed by atoms with Gasteiger partial charge in [-0.05, 0) is 38.1 Å². The Bertz CT molecular complexity index is 846. The van der Waals surface area contributed by atoms with E-state index in [0.29, 0.717) is 17.5 Å². The summed E-state index contributed by atoms with van der Waals surface area (Å²) in [6.45, 7) is 4.57. The molecule has 0 aliphatic heterocycles. The lowest BCUT2D eigenvalue weighted by Crippen LogP contribution is -2.24. The monoisotopic (exact) mass is 353 g/mol. The number of benzene rings is 1. The molecule has 2 heterocycles. The van der Waals surface area contributed by atoms with Crippen LogP contribution < -0.4 is 5.32 Å². The van der Waals surface area contributed by atoms with E-state index in [1.54, 1.807) is 12.4 Å². The van der Waals surface area contributed by atoms with E-state index in [4.69, 9.17) is 0 Å². The molecule has 7 heteroatoms. The van der Waals surface area contributed by atoms with Crippen LogP contribution in [0.1, 0.15) is 12.5 Å². The Morgan fingerprint density at radius 2 is 1.84 bits per heavy atom. The summed E-state index contributed by atoms with van der Waals surface area (Å²) in [7, 11) is 0. The number of carbonyl (C=O) groups is 1. The maximum Gasteiger partial charge on any atom is 0.230 e. The van der Waals surface area contributed by atoms with E-state index in [9.17, 15) is 4.79 Å². The van der Waals surface area contributed by atoms with E-state index >= 15 is 0 Å². The van der Waals surface area contributed by atoms with Crippen LogP contribution in [-0.2, 0) is 4.79 Å². The fraction of sp³-hybridized carbons (Fsp3) is 0.222. The van der Waals surface area contributed by atoms with Crippen molar-refractivity contribution in [2.45, 2.75) is 19.0 Å². The molecule has 1 aromatic carbocycles. The summed E-state index contributed by atoms with van der Waals surface area (Å²) in [4.78, 5) is 15.8. The van der Waals surface area contributed by atoms with Crippen molar-refractivity contribution in [1.29, 1.82) is 0 Å². The van der Waals surface area contributed by atoms with Crippen molar-refractivity contribution in [2.75, 3.05) is 12.3 Å². The summed E-state index contributed by atoms with van der Waals surface area (Å²) in [5.74, 6) is 1.01. The van der Waals surface area contributed by atoms with E-state index in [0.717, 1.165) is 17.1 Å². The Hall–Kier alpha value is -2.67. The van der Waals surface area contributed by atoms with Gasteiger partial charge in [0.2, 0.25) is 5.91 Å². The molecule has 3 aromatic rings. The molecular weight excluding hydrogens is 334 g/mol. The quantitative estimate of drug-likeness (QED) is 0.690. The summed E-state index contributed by atoms with van der Waals surface area (Å²) in [6, 6.07) is 11.9. The van der Waals surface area contributed by atoms with Crippen LogP contribution in [0.4, 0.5) is 0 Å². The van der Waals surface area contributed by atoms with E-state index < -0.39 is 0 Å². The molecule has 0 bridgehead atoms. The van der Waals surface area contributed by atoms with Crippen LogP contribution >= 0.6 is 11.8 Å². The number of nitrogens with zero attached hydrogens (tertiary/aromatic N) is 4. The highest BCUT2D eigenvalue weighted by Gasteiger charge is 2.17. The Kier molecular flexibility index (Phi) is 5.45. The molecule has 0 unspecified atom stereocenters. The Morgan fingerprint density at radius 3 is 2.52 bits per heavy atom. The maximum atomic E-state index is 11.8. The van der Waals surface area contributed by atoms with Gasteiger partial charge in [0, 0.05) is 30.2 Å². The smallest absolute Gasteiger partial charge is 0.230 e. The number of rotatable bonds is 6. The number of carbonyl (C=O) groups excluding carboxylic acids is 1. The van der Waals surface area contributed by atoms with Crippen molar-refractivity contribution in [3.63, 3.8) is 0 Å². The Morgan fingerprint density at radius 1 is 1.12 bits per heavy atom. The summed E-state index contributed by atoms with van der Waals surface area (Å²) >= 11 is 1.37. The number of amides is 1. The molecule has 0 atom stereocenters. The van der Waals surface area contributed by atoms with Gasteiger partial charge in [0.15, 0.2) is 11.0 Å². The molecule has 3 rings (SSSR count). The van der Waals surface area contributed by atoms with Gasteiger partial charge in [-0.3, -0.25) is 14.3 Å². The highest BCUT2D eigenvalue weighted by molar-refractivity contribution is 7.99. The molecule has 1 amide bonds. The van der Waals surface area contributed by atoms with Crippen molar-refractivity contribution in [1.82, 2.24) is 25.1 Å². The van der Waals surface area contributed by atoms with E-state index in [1.807, 2.05) is 54.8 Å². The second-order valence-electron chi connectivity index (χ2n) is 5.46. The second-order valence-corrected chi connectivity index (χ2v) is 6.40. The summed E-state index contributed by atoms with van der Waals surface area (Å²) in [6.07, 6.45) is 3.45. The van der Waals surface area contributed by atoms with Gasteiger partial charge in [-0.1, -0.05) is 29.5 Å². The van der Waals surface area contributed by atoms with Gasteiger partial charge in [-0.25, -0.2) is 0 Å². The minimum absolute atomic E-state index is 0.0172. The standard InChI is InChI=1S/C18H19N5OS/c1-3-20-16(24)12-25-18-22-21-17(14-8-10-19-11-9-14)23(18)15-6-4-13(2)5-7-15/h4-11H,3,12H2,1-2H3,(H,20,24). The number of nitrogens with one attached hydrogen (secondary N) is 1. The van der Waals surface area contributed by atoms with Gasteiger partial charge in [-0.2, -0.15) is 0 Å². The predicted molar refractivity (Wildman–Crippen MR) is 98.7 cm³/mol. The van der Waals surface area contributed by atoms with Crippen LogP contribution in [0.15, 0.2) is 53.9 Å². The van der Waals surface area contributed by atoms with Gasteiger partial charge in [0.05, 0.1) is 5.75 Å². The zero-order valence-electron chi connectivity index (χ0n) is 14.1. The van der Waals surface area contributed by atoms with Crippen molar-refractivity contribution >= 4 is 17.7 Å². The van der Waals surface area contributed by atoms with Crippen LogP contribution in [0, 0.1) is 6.92 Å². The van der Waals surface area contributed by atoms with Crippen molar-refractivity contribution in [3.05, 3.63) is 54.4 Å². The first-order chi connectivity index (χ1) is 12.2. The van der Waals surface area contributed by atoms with Crippen LogP contribution in [-0.4, -0.2) is 38.0 Å². The van der Waals surface area contributed by atoms with Gasteiger partial charge < -0.3 is 5.32 Å². The lowest BCUT2D eigenvalue weighted by molar-refractivity contribution is -0.118. The highest BCUT2D eigenvalue weighted by Crippen LogP contribution is 2.27. The third-order valence-corrected chi connectivity index (χ3v) is 4.50. The molecule has 0 aliphatic carbocycles. The molecule has 6 nitrogen and oxygen atoms in total. The first-order valence-corrected chi connectivity index (χ1v) is 9.00. The minimum atomic E-state index is -0.0172. The first-order valence-electron chi connectivity index (χ1n) is 8.01. The molecule has 0 saturated heterocycles. The molecule has 0 fully saturated rings. The summed E-state index contributed by atoms with van der Waals surface area (Å²) < 4.78 is 1.97. The molecule has 1 N–H and O–H groups in total. The number of aryl methyl sites for hydroxylation is 1. The minimum Gasteiger partial charge on any atom is -0.356 e. The fourth-order valence-corrected chi connectivity index (χ4v) is 3.14. The van der Waals surface area contributed by atoms with E-state index in [2.05, 4.69) is 20.5 Å². The fourth-order valence-electron chi connectivity index (χ4n) is 2.36. The third kappa shape index (κ3) is 4.06. The molecule has 2 aromatic heterocycles. The second kappa shape index (κ2) is 7.94. The Balaban J connectivity index is 1.99. The van der Waals surface area contributed by atoms with Crippen molar-refractivity contribution < 1.29 is 4.79 Å². The zero-order valence-corrected chi connectivity index (χ0v) is 15.0. The Labute approximate surface area is 150 Å². The topological polar surface area (TPSA) is 72.7 Å². The summed E-state index contributed by atoms with van der Waals surface area (Å²) in [5, 5.41) is 12.1. The average molecular weight is 353 g/mol. The van der Waals surface area contributed by atoms with Gasteiger partial charge in [0.1, 0.15) is 0 Å². The molecule has 0 saturated carbocycles. The van der Waals surface area contributed by atoms with Crippen molar-refractivity contribution in [3.8, 4) is 17.1 Å². The van der Waals surface area contributed by atoms with Crippen LogP contribution in [0.2, 0.25) is 0 Å². The number of hydrogen-bond acceptors (Lipinski definition) is 5. The van der Waals surface area contributed by atoms with Crippen LogP contribution in [0.5, 0.6) is 0 Å². The molecule has 128 valence electrons. The lowest BCUT2D eigenvalue weighted by Gasteiger charge is -2.10. The largest absolute Gasteiger partial charge is 0.356 e. The zero-order chi connectivity index (χ0) is 17.6. The molecule has 0 aliphatic rings. The first kappa shape index (κ1) is 17.2. The van der Waals surface area contributed by atoms with Crippen molar-refractivity contribution in [2.24, 2.45) is 0 Å². The lowest BCUT2D eigenvalue weighted by atomic mass is 10.2. The third-order valence-electron chi connectivity index (χ3n) is 3.57. The highest BCUT2D eigenvalue weighted by atomic mass is 32.2. The number of pyridine rings is 1. The molecule has 0 spiro atoms. The SMILES string of the molecule is CCNC(=O)CSc1nnc(-c2ccncc2)n1-c1ccc(C)cc1. The molecular formula is C18H19N5OS. The molecule has 0 radical (unpaired) electrons. The van der Waals surface area contributed by atoms with Gasteiger partial charge in [0.25, 0.3) is 0 Å². The maximum absolute atomic E-state index is 11.8. The average Bonchev–Trinajstić information content (AvgIpc) is 3.05. The number of thioether (sulfide) groups is 1. The number of hydrogen-bond donors (Lipinski definition) is 1. The van der Waals surface area contributed by atoms with E-state index in [1.165, 1.54) is 17.3 Å². The van der Waals surface area contributed by atoms with E-state index in [-0.39, 0.29) is 5.91 Å².